The van der Waals surface area contributed by atoms with Gasteiger partial charge in [0.2, 0.25) is 0 Å². The highest BCUT2D eigenvalue weighted by Crippen LogP contribution is 2.35. The minimum absolute atomic E-state index is 0.850. The first kappa shape index (κ1) is 13.9. The SMILES string of the molecule is O=P([O-])([O-])O[C@H]1O[C@@H]([C@H](O)CO)[C@H](F)[C@H]1O. The number of rotatable bonds is 4. The first-order chi connectivity index (χ1) is 7.26. The molecule has 5 atom stereocenters. The molecule has 0 bridgehead atoms. The summed E-state index contributed by atoms with van der Waals surface area (Å²) in [5, 5.41) is 26.7. The molecule has 0 unspecified atom stereocenters. The molecule has 10 heteroatoms. The Hall–Kier alpha value is -0.120. The first-order valence-corrected chi connectivity index (χ1v) is 5.69. The van der Waals surface area contributed by atoms with E-state index in [-0.39, 0.29) is 0 Å². The van der Waals surface area contributed by atoms with Crippen molar-refractivity contribution < 1.29 is 43.3 Å². The van der Waals surface area contributed by atoms with Crippen LogP contribution in [-0.4, -0.2) is 52.7 Å². The number of alkyl halides is 1. The number of phosphoric ester groups is 1. The Labute approximate surface area is 89.5 Å². The summed E-state index contributed by atoms with van der Waals surface area (Å²) in [6.45, 7) is -0.850. The number of aliphatic hydroxyl groups excluding tert-OH is 3. The van der Waals surface area contributed by atoms with Crippen molar-refractivity contribution in [3.05, 3.63) is 0 Å². The Morgan fingerprint density at radius 1 is 1.56 bits per heavy atom. The molecule has 1 aliphatic rings. The number of ether oxygens (including phenoxy) is 1. The molecule has 96 valence electrons. The minimum atomic E-state index is -5.44. The Morgan fingerprint density at radius 2 is 2.12 bits per heavy atom. The first-order valence-electron chi connectivity index (χ1n) is 4.23. The molecule has 0 aliphatic carbocycles. The van der Waals surface area contributed by atoms with E-state index in [0.29, 0.717) is 0 Å². The molecule has 3 N–H and O–H groups in total. The van der Waals surface area contributed by atoms with Crippen LogP contribution in [0.1, 0.15) is 0 Å². The van der Waals surface area contributed by atoms with Gasteiger partial charge in [0.05, 0.1) is 14.4 Å². The van der Waals surface area contributed by atoms with Crippen molar-refractivity contribution in [3.63, 3.8) is 0 Å². The summed E-state index contributed by atoms with van der Waals surface area (Å²) in [4.78, 5) is 20.4. The molecule has 0 amide bonds. The van der Waals surface area contributed by atoms with Crippen LogP contribution in [0.25, 0.3) is 0 Å². The van der Waals surface area contributed by atoms with Gasteiger partial charge in [-0.05, 0) is 0 Å². The van der Waals surface area contributed by atoms with Gasteiger partial charge in [-0.3, -0.25) is 0 Å². The van der Waals surface area contributed by atoms with Gasteiger partial charge in [0.1, 0.15) is 18.3 Å². The molecule has 1 saturated heterocycles. The van der Waals surface area contributed by atoms with E-state index < -0.39 is 45.2 Å². The van der Waals surface area contributed by atoms with Crippen LogP contribution < -0.4 is 9.79 Å². The van der Waals surface area contributed by atoms with E-state index in [1.54, 1.807) is 0 Å². The lowest BCUT2D eigenvalue weighted by atomic mass is 10.1. The lowest BCUT2D eigenvalue weighted by Gasteiger charge is -2.32. The minimum Gasteiger partial charge on any atom is -0.790 e. The summed E-state index contributed by atoms with van der Waals surface area (Å²) < 4.78 is 31.7. The Morgan fingerprint density at radius 3 is 2.56 bits per heavy atom. The molecule has 16 heavy (non-hydrogen) atoms. The predicted octanol–water partition coefficient (Wildman–Crippen LogP) is -3.39. The normalized spacial score (nSPS) is 37.6. The Kier molecular flexibility index (Phi) is 4.38. The largest absolute Gasteiger partial charge is 0.790 e. The summed E-state index contributed by atoms with van der Waals surface area (Å²) in [7, 11) is -5.44. The van der Waals surface area contributed by atoms with Crippen LogP contribution >= 0.6 is 7.82 Å². The maximum absolute atomic E-state index is 13.2. The van der Waals surface area contributed by atoms with E-state index in [2.05, 4.69) is 9.26 Å². The number of hydrogen-bond acceptors (Lipinski definition) is 8. The highest BCUT2D eigenvalue weighted by atomic mass is 31.2. The van der Waals surface area contributed by atoms with Gasteiger partial charge < -0.3 is 38.9 Å². The summed E-state index contributed by atoms with van der Waals surface area (Å²) in [6.07, 6.45) is -9.52. The van der Waals surface area contributed by atoms with E-state index in [1.165, 1.54) is 0 Å². The van der Waals surface area contributed by atoms with E-state index in [9.17, 15) is 18.7 Å². The average molecular weight is 260 g/mol. The summed E-state index contributed by atoms with van der Waals surface area (Å²) >= 11 is 0. The van der Waals surface area contributed by atoms with E-state index in [0.717, 1.165) is 0 Å². The van der Waals surface area contributed by atoms with E-state index in [4.69, 9.17) is 15.3 Å². The summed E-state index contributed by atoms with van der Waals surface area (Å²) in [5.41, 5.74) is 0. The molecule has 0 spiro atoms. The number of phosphoric acid groups is 1. The van der Waals surface area contributed by atoms with Crippen LogP contribution in [0.4, 0.5) is 4.39 Å². The lowest BCUT2D eigenvalue weighted by Crippen LogP contribution is -2.37. The molecule has 1 aliphatic heterocycles. The van der Waals surface area contributed by atoms with Crippen molar-refractivity contribution in [2.45, 2.75) is 30.8 Å². The van der Waals surface area contributed by atoms with E-state index >= 15 is 0 Å². The fourth-order valence-electron chi connectivity index (χ4n) is 1.28. The van der Waals surface area contributed by atoms with Crippen LogP contribution in [0.2, 0.25) is 0 Å². The molecule has 0 saturated carbocycles. The summed E-state index contributed by atoms with van der Waals surface area (Å²) in [6, 6.07) is 0. The molecule has 1 heterocycles. The van der Waals surface area contributed by atoms with Gasteiger partial charge >= 0.3 is 0 Å². The van der Waals surface area contributed by atoms with Crippen molar-refractivity contribution in [1.82, 2.24) is 0 Å². The quantitative estimate of drug-likeness (QED) is 0.444. The highest BCUT2D eigenvalue weighted by molar-refractivity contribution is 7.43. The van der Waals surface area contributed by atoms with Gasteiger partial charge in [-0.15, -0.1) is 0 Å². The fourth-order valence-corrected chi connectivity index (χ4v) is 1.70. The third-order valence-electron chi connectivity index (χ3n) is 2.01. The molecule has 0 aromatic carbocycles. The van der Waals surface area contributed by atoms with Gasteiger partial charge in [0, 0.05) is 0 Å². The molecule has 8 nitrogen and oxygen atoms in total. The van der Waals surface area contributed by atoms with Crippen molar-refractivity contribution in [1.29, 1.82) is 0 Å². The van der Waals surface area contributed by atoms with Crippen molar-refractivity contribution >= 4 is 7.82 Å². The number of aliphatic hydroxyl groups is 3. The predicted molar refractivity (Wildman–Crippen MR) is 41.3 cm³/mol. The monoisotopic (exact) mass is 260 g/mol. The molecule has 0 radical (unpaired) electrons. The van der Waals surface area contributed by atoms with Crippen LogP contribution in [-0.2, 0) is 13.8 Å². The zero-order valence-electron chi connectivity index (χ0n) is 7.80. The Balaban J connectivity index is 2.68. The second-order valence-electron chi connectivity index (χ2n) is 3.21. The van der Waals surface area contributed by atoms with Gasteiger partial charge in [-0.25, -0.2) is 4.39 Å². The third-order valence-corrected chi connectivity index (χ3v) is 2.48. The number of hydrogen-bond donors (Lipinski definition) is 3. The third kappa shape index (κ3) is 3.19. The molecule has 1 rings (SSSR count). The van der Waals surface area contributed by atoms with Crippen molar-refractivity contribution in [2.75, 3.05) is 6.61 Å². The molecule has 0 aromatic rings. The molecule has 1 fully saturated rings. The highest BCUT2D eigenvalue weighted by Gasteiger charge is 2.48. The number of halogens is 1. The standard InChI is InChI=1S/C6H12FO8P/c7-3-4(10)6(15-16(11,12)13)14-5(3)2(9)1-8/h2-6,8-10H,1H2,(H2,11,12,13)/p-2/t2-,3-,4-,5+,6-/m1/s1. The smallest absolute Gasteiger partial charge is 0.191 e. The maximum atomic E-state index is 13.2. The van der Waals surface area contributed by atoms with Gasteiger partial charge in [-0.1, -0.05) is 0 Å². The molecule has 0 aromatic heterocycles. The zero-order chi connectivity index (χ0) is 12.5. The average Bonchev–Trinajstić information content (AvgIpc) is 2.43. The Bertz CT molecular complexity index is 282. The molecular weight excluding hydrogens is 250 g/mol. The van der Waals surface area contributed by atoms with E-state index in [1.807, 2.05) is 0 Å². The topological polar surface area (TPSA) is 142 Å². The zero-order valence-corrected chi connectivity index (χ0v) is 8.70. The second kappa shape index (κ2) is 5.03. The van der Waals surface area contributed by atoms with Gasteiger partial charge in [-0.2, -0.15) is 0 Å². The fraction of sp³-hybridized carbons (Fsp3) is 1.00. The second-order valence-corrected chi connectivity index (χ2v) is 4.31. The van der Waals surface area contributed by atoms with Gasteiger partial charge in [0.15, 0.2) is 12.5 Å². The van der Waals surface area contributed by atoms with Crippen LogP contribution in [0.15, 0.2) is 0 Å². The van der Waals surface area contributed by atoms with Gasteiger partial charge in [0.25, 0.3) is 0 Å². The van der Waals surface area contributed by atoms with Crippen molar-refractivity contribution in [2.24, 2.45) is 0 Å². The lowest BCUT2D eigenvalue weighted by molar-refractivity contribution is -0.354. The van der Waals surface area contributed by atoms with Crippen LogP contribution in [0.3, 0.4) is 0 Å². The summed E-state index contributed by atoms with van der Waals surface area (Å²) in [5.74, 6) is 0. The maximum Gasteiger partial charge on any atom is 0.191 e. The van der Waals surface area contributed by atoms with Crippen LogP contribution in [0, 0.1) is 0 Å². The van der Waals surface area contributed by atoms with Crippen LogP contribution in [0.5, 0.6) is 0 Å². The molecular formula is C6H10FO8P-2. The van der Waals surface area contributed by atoms with Crippen molar-refractivity contribution in [3.8, 4) is 0 Å².